The molecular formula is C14H13Cl2NO4. The number of hydrogen-bond donors (Lipinski definition) is 2. The lowest BCUT2D eigenvalue weighted by Crippen LogP contribution is -2.39. The molecule has 1 amide bonds. The van der Waals surface area contributed by atoms with E-state index in [9.17, 15) is 14.7 Å². The third-order valence-electron chi connectivity index (χ3n) is 3.15. The first-order valence-electron chi connectivity index (χ1n) is 6.22. The van der Waals surface area contributed by atoms with Gasteiger partial charge in [-0.15, -0.1) is 0 Å². The number of aliphatic carboxylic acids is 1. The standard InChI is InChI=1S/C14H13Cl2NO4/c15-9-3-8(4-10(16)5-9)1-2-13(19)17-7-11(18)6-12(17)14(20)21/h1-5,11-12,18H,6-7H2,(H,20,21)/t11-,12-/m0/s1. The van der Waals surface area contributed by atoms with Crippen LogP contribution >= 0.6 is 23.2 Å². The van der Waals surface area contributed by atoms with E-state index >= 15 is 0 Å². The van der Waals surface area contributed by atoms with E-state index in [1.54, 1.807) is 18.2 Å². The molecule has 5 nitrogen and oxygen atoms in total. The number of carboxylic acids is 1. The molecule has 21 heavy (non-hydrogen) atoms. The van der Waals surface area contributed by atoms with E-state index < -0.39 is 24.0 Å². The third-order valence-corrected chi connectivity index (χ3v) is 3.59. The number of benzene rings is 1. The summed E-state index contributed by atoms with van der Waals surface area (Å²) >= 11 is 11.7. The van der Waals surface area contributed by atoms with Gasteiger partial charge in [0.15, 0.2) is 0 Å². The largest absolute Gasteiger partial charge is 0.480 e. The molecule has 0 aromatic heterocycles. The first-order valence-corrected chi connectivity index (χ1v) is 6.98. The van der Waals surface area contributed by atoms with Gasteiger partial charge in [0.2, 0.25) is 5.91 Å². The van der Waals surface area contributed by atoms with Gasteiger partial charge in [-0.3, -0.25) is 4.79 Å². The minimum Gasteiger partial charge on any atom is -0.480 e. The Balaban J connectivity index is 2.13. The molecule has 0 bridgehead atoms. The molecule has 2 N–H and O–H groups in total. The molecule has 1 aromatic rings. The van der Waals surface area contributed by atoms with Crippen molar-refractivity contribution in [1.82, 2.24) is 4.90 Å². The first kappa shape index (κ1) is 15.8. The fraction of sp³-hybridized carbons (Fsp3) is 0.286. The van der Waals surface area contributed by atoms with E-state index in [4.69, 9.17) is 28.3 Å². The van der Waals surface area contributed by atoms with Gasteiger partial charge in [0.25, 0.3) is 0 Å². The van der Waals surface area contributed by atoms with Crippen LogP contribution in [0.2, 0.25) is 10.0 Å². The van der Waals surface area contributed by atoms with Crippen molar-refractivity contribution in [2.45, 2.75) is 18.6 Å². The number of rotatable bonds is 3. The Morgan fingerprint density at radius 3 is 2.43 bits per heavy atom. The molecule has 1 aliphatic heterocycles. The van der Waals surface area contributed by atoms with Crippen LogP contribution < -0.4 is 0 Å². The Morgan fingerprint density at radius 1 is 1.24 bits per heavy atom. The van der Waals surface area contributed by atoms with Crippen LogP contribution in [0, 0.1) is 0 Å². The number of hydrogen-bond acceptors (Lipinski definition) is 3. The summed E-state index contributed by atoms with van der Waals surface area (Å²) in [5, 5.41) is 19.4. The SMILES string of the molecule is O=C(O)[C@@H]1C[C@H](O)CN1C(=O)C=Cc1cc(Cl)cc(Cl)c1. The summed E-state index contributed by atoms with van der Waals surface area (Å²) in [7, 11) is 0. The van der Waals surface area contributed by atoms with Gasteiger partial charge in [-0.1, -0.05) is 23.2 Å². The topological polar surface area (TPSA) is 77.8 Å². The number of aliphatic hydroxyl groups is 1. The van der Waals surface area contributed by atoms with Crippen molar-refractivity contribution in [3.63, 3.8) is 0 Å². The summed E-state index contributed by atoms with van der Waals surface area (Å²) in [6.07, 6.45) is 1.97. The number of nitrogens with zero attached hydrogens (tertiary/aromatic N) is 1. The summed E-state index contributed by atoms with van der Waals surface area (Å²) < 4.78 is 0. The molecule has 2 atom stereocenters. The van der Waals surface area contributed by atoms with Gasteiger partial charge < -0.3 is 15.1 Å². The smallest absolute Gasteiger partial charge is 0.326 e. The number of carbonyl (C=O) groups is 2. The van der Waals surface area contributed by atoms with Crippen LogP contribution in [0.25, 0.3) is 6.08 Å². The summed E-state index contributed by atoms with van der Waals surface area (Å²) in [5.41, 5.74) is 0.632. The van der Waals surface area contributed by atoms with Crippen molar-refractivity contribution in [1.29, 1.82) is 0 Å². The summed E-state index contributed by atoms with van der Waals surface area (Å²) in [4.78, 5) is 24.2. The summed E-state index contributed by atoms with van der Waals surface area (Å²) in [6.45, 7) is 0.0104. The van der Waals surface area contributed by atoms with Crippen LogP contribution in [0.4, 0.5) is 0 Å². The second-order valence-corrected chi connectivity index (χ2v) is 5.64. The quantitative estimate of drug-likeness (QED) is 0.832. The molecule has 0 spiro atoms. The minimum absolute atomic E-state index is 0.0104. The summed E-state index contributed by atoms with van der Waals surface area (Å²) in [5.74, 6) is -1.60. The molecule has 112 valence electrons. The zero-order valence-electron chi connectivity index (χ0n) is 10.9. The highest BCUT2D eigenvalue weighted by molar-refractivity contribution is 6.34. The van der Waals surface area contributed by atoms with Gasteiger partial charge >= 0.3 is 5.97 Å². The number of likely N-dealkylation sites (tertiary alicyclic amines) is 1. The highest BCUT2D eigenvalue weighted by atomic mass is 35.5. The molecule has 0 saturated carbocycles. The van der Waals surface area contributed by atoms with Crippen LogP contribution in [0.1, 0.15) is 12.0 Å². The highest BCUT2D eigenvalue weighted by Gasteiger charge is 2.37. The summed E-state index contributed by atoms with van der Waals surface area (Å²) in [6, 6.07) is 3.83. The van der Waals surface area contributed by atoms with Crippen molar-refractivity contribution in [2.24, 2.45) is 0 Å². The average molecular weight is 330 g/mol. The van der Waals surface area contributed by atoms with Gasteiger partial charge in [-0.05, 0) is 29.8 Å². The highest BCUT2D eigenvalue weighted by Crippen LogP contribution is 2.21. The van der Waals surface area contributed by atoms with E-state index in [0.717, 1.165) is 4.90 Å². The van der Waals surface area contributed by atoms with Gasteiger partial charge in [0, 0.05) is 29.1 Å². The van der Waals surface area contributed by atoms with E-state index in [1.807, 2.05) is 0 Å². The Labute approximate surface area is 131 Å². The molecule has 1 aliphatic rings. The van der Waals surface area contributed by atoms with Crippen molar-refractivity contribution in [3.8, 4) is 0 Å². The normalized spacial score (nSPS) is 22.0. The van der Waals surface area contributed by atoms with Crippen molar-refractivity contribution >= 4 is 41.2 Å². The van der Waals surface area contributed by atoms with Crippen LogP contribution in [-0.4, -0.2) is 45.7 Å². The molecule has 0 aliphatic carbocycles. The molecule has 0 unspecified atom stereocenters. The molecule has 0 radical (unpaired) electrons. The monoisotopic (exact) mass is 329 g/mol. The Bertz CT molecular complexity index is 582. The Kier molecular flexibility index (Phi) is 4.88. The lowest BCUT2D eigenvalue weighted by atomic mass is 10.2. The van der Waals surface area contributed by atoms with E-state index in [1.165, 1.54) is 12.2 Å². The van der Waals surface area contributed by atoms with Gasteiger partial charge in [-0.2, -0.15) is 0 Å². The third kappa shape index (κ3) is 3.97. The van der Waals surface area contributed by atoms with Crippen LogP contribution in [0.5, 0.6) is 0 Å². The molecular weight excluding hydrogens is 317 g/mol. The number of carbonyl (C=O) groups excluding carboxylic acids is 1. The van der Waals surface area contributed by atoms with Gasteiger partial charge in [0.05, 0.1) is 6.10 Å². The molecule has 1 saturated heterocycles. The van der Waals surface area contributed by atoms with Crippen LogP contribution in [-0.2, 0) is 9.59 Å². The second kappa shape index (κ2) is 6.47. The Morgan fingerprint density at radius 2 is 1.86 bits per heavy atom. The lowest BCUT2D eigenvalue weighted by Gasteiger charge is -2.19. The lowest BCUT2D eigenvalue weighted by molar-refractivity contribution is -0.146. The van der Waals surface area contributed by atoms with Gasteiger partial charge in [-0.25, -0.2) is 4.79 Å². The molecule has 1 fully saturated rings. The molecule has 1 heterocycles. The van der Waals surface area contributed by atoms with E-state index in [2.05, 4.69) is 0 Å². The maximum Gasteiger partial charge on any atom is 0.326 e. The fourth-order valence-corrected chi connectivity index (χ4v) is 2.77. The zero-order valence-corrected chi connectivity index (χ0v) is 12.4. The number of halogens is 2. The molecule has 7 heteroatoms. The van der Waals surface area contributed by atoms with Crippen LogP contribution in [0.3, 0.4) is 0 Å². The number of carboxylic acid groups (broad SMARTS) is 1. The van der Waals surface area contributed by atoms with Crippen molar-refractivity contribution in [2.75, 3.05) is 6.54 Å². The second-order valence-electron chi connectivity index (χ2n) is 4.77. The van der Waals surface area contributed by atoms with E-state index in [-0.39, 0.29) is 13.0 Å². The maximum absolute atomic E-state index is 12.0. The van der Waals surface area contributed by atoms with E-state index in [0.29, 0.717) is 15.6 Å². The number of β-amino-alcohol motifs (C(OH)–C–C–N with tert-alkyl or cyclic N) is 1. The molecule has 1 aromatic carbocycles. The predicted octanol–water partition coefficient (Wildman–Crippen LogP) is 2.05. The number of aliphatic hydroxyl groups excluding tert-OH is 1. The predicted molar refractivity (Wildman–Crippen MR) is 79.3 cm³/mol. The Hall–Kier alpha value is -1.56. The van der Waals surface area contributed by atoms with Gasteiger partial charge in [0.1, 0.15) is 6.04 Å². The maximum atomic E-state index is 12.0. The molecule has 2 rings (SSSR count). The average Bonchev–Trinajstić information content (AvgIpc) is 2.77. The first-order chi connectivity index (χ1) is 9.86. The zero-order chi connectivity index (χ0) is 15.6. The van der Waals surface area contributed by atoms with Crippen molar-refractivity contribution in [3.05, 3.63) is 39.9 Å². The number of amides is 1. The fourth-order valence-electron chi connectivity index (χ4n) is 2.23. The van der Waals surface area contributed by atoms with Crippen LogP contribution in [0.15, 0.2) is 24.3 Å². The minimum atomic E-state index is -1.13. The van der Waals surface area contributed by atoms with Crippen molar-refractivity contribution < 1.29 is 19.8 Å².